The molecule has 3 amide bonds. The van der Waals surface area contributed by atoms with Gasteiger partial charge in [-0.05, 0) is 46.2 Å². The Hall–Kier alpha value is -2.08. The van der Waals surface area contributed by atoms with Gasteiger partial charge in [0.05, 0.1) is 6.10 Å². The maximum Gasteiger partial charge on any atom is 0.322 e. The van der Waals surface area contributed by atoms with Gasteiger partial charge < -0.3 is 10.1 Å². The van der Waals surface area contributed by atoms with E-state index < -0.39 is 5.54 Å². The molecule has 1 aromatic rings. The molecule has 2 saturated heterocycles. The summed E-state index contributed by atoms with van der Waals surface area (Å²) in [6, 6.07) is 7.71. The number of hydrogen-bond acceptors (Lipinski definition) is 4. The lowest BCUT2D eigenvalue weighted by Crippen LogP contribution is -2.55. The van der Waals surface area contributed by atoms with Crippen molar-refractivity contribution in [3.63, 3.8) is 0 Å². The standard InChI is InChI=1S/C19H27N3O3/c1-13(2)25-16-9-5-4-7-14(16)11-22-10-6-8-15(12-22)19(3)17(23)20-18(24)21-19/h4-5,7,9,13,15H,6,8,10-12H2,1-3H3,(H2,20,21,23,24)/t15-,19-/m1/s1. The number of nitrogens with zero attached hydrogens (tertiary/aromatic N) is 1. The van der Waals surface area contributed by atoms with Crippen molar-refractivity contribution >= 4 is 11.9 Å². The van der Waals surface area contributed by atoms with Crippen LogP contribution < -0.4 is 15.4 Å². The number of hydrogen-bond donors (Lipinski definition) is 2. The highest BCUT2D eigenvalue weighted by molar-refractivity contribution is 6.06. The van der Waals surface area contributed by atoms with Crippen LogP contribution in [0.5, 0.6) is 5.75 Å². The molecule has 6 nitrogen and oxygen atoms in total. The molecule has 1 aromatic carbocycles. The van der Waals surface area contributed by atoms with Crippen LogP contribution in [-0.2, 0) is 11.3 Å². The van der Waals surface area contributed by atoms with Gasteiger partial charge in [0, 0.05) is 24.6 Å². The van der Waals surface area contributed by atoms with Crippen LogP contribution in [0, 0.1) is 5.92 Å². The van der Waals surface area contributed by atoms with Gasteiger partial charge in [-0.15, -0.1) is 0 Å². The average molecular weight is 345 g/mol. The molecule has 2 heterocycles. The van der Waals surface area contributed by atoms with Crippen molar-refractivity contribution in [2.24, 2.45) is 5.92 Å². The quantitative estimate of drug-likeness (QED) is 0.803. The largest absolute Gasteiger partial charge is 0.491 e. The Bertz CT molecular complexity index is 661. The van der Waals surface area contributed by atoms with E-state index in [0.29, 0.717) is 0 Å². The smallest absolute Gasteiger partial charge is 0.322 e. The van der Waals surface area contributed by atoms with Crippen LogP contribution in [0.4, 0.5) is 4.79 Å². The number of para-hydroxylation sites is 1. The van der Waals surface area contributed by atoms with Crippen LogP contribution in [-0.4, -0.2) is 41.6 Å². The summed E-state index contributed by atoms with van der Waals surface area (Å²) in [7, 11) is 0. The minimum Gasteiger partial charge on any atom is -0.491 e. The third kappa shape index (κ3) is 3.79. The van der Waals surface area contributed by atoms with Crippen molar-refractivity contribution in [2.45, 2.75) is 51.8 Å². The van der Waals surface area contributed by atoms with Gasteiger partial charge in [-0.2, -0.15) is 0 Å². The molecule has 2 aliphatic rings. The predicted octanol–water partition coefficient (Wildman–Crippen LogP) is 2.28. The summed E-state index contributed by atoms with van der Waals surface area (Å²) >= 11 is 0. The van der Waals surface area contributed by atoms with E-state index in [2.05, 4.69) is 21.6 Å². The van der Waals surface area contributed by atoms with Gasteiger partial charge in [-0.3, -0.25) is 15.0 Å². The van der Waals surface area contributed by atoms with Gasteiger partial charge in [-0.1, -0.05) is 18.2 Å². The SMILES string of the molecule is CC(C)Oc1ccccc1CN1CCC[C@@H]([C@@]2(C)NC(=O)NC2=O)C1. The number of likely N-dealkylation sites (tertiary alicyclic amines) is 1. The van der Waals surface area contributed by atoms with E-state index in [0.717, 1.165) is 43.8 Å². The molecule has 0 saturated carbocycles. The van der Waals surface area contributed by atoms with E-state index in [9.17, 15) is 9.59 Å². The van der Waals surface area contributed by atoms with Crippen molar-refractivity contribution < 1.29 is 14.3 Å². The van der Waals surface area contributed by atoms with Crippen molar-refractivity contribution in [2.75, 3.05) is 13.1 Å². The number of carbonyl (C=O) groups excluding carboxylic acids is 2. The number of carbonyl (C=O) groups is 2. The van der Waals surface area contributed by atoms with Crippen molar-refractivity contribution in [1.82, 2.24) is 15.5 Å². The first-order chi connectivity index (χ1) is 11.9. The Kier molecular flexibility index (Phi) is 4.99. The fourth-order valence-electron chi connectivity index (χ4n) is 3.76. The van der Waals surface area contributed by atoms with E-state index in [1.165, 1.54) is 0 Å². The zero-order valence-electron chi connectivity index (χ0n) is 15.2. The van der Waals surface area contributed by atoms with E-state index in [1.54, 1.807) is 0 Å². The summed E-state index contributed by atoms with van der Waals surface area (Å²) in [5.74, 6) is 0.802. The Balaban J connectivity index is 1.71. The number of urea groups is 1. The second-order valence-electron chi connectivity index (χ2n) is 7.46. The second kappa shape index (κ2) is 7.04. The molecule has 6 heteroatoms. The number of imide groups is 1. The lowest BCUT2D eigenvalue weighted by Gasteiger charge is -2.39. The van der Waals surface area contributed by atoms with Gasteiger partial charge in [-0.25, -0.2) is 4.79 Å². The number of amides is 3. The normalized spacial score (nSPS) is 27.3. The van der Waals surface area contributed by atoms with E-state index in [-0.39, 0.29) is 24.0 Å². The number of piperidine rings is 1. The van der Waals surface area contributed by atoms with Crippen LogP contribution in [0.1, 0.15) is 39.2 Å². The van der Waals surface area contributed by atoms with Crippen LogP contribution in [0.2, 0.25) is 0 Å². The number of ether oxygens (including phenoxy) is 1. The third-order valence-corrected chi connectivity index (χ3v) is 5.12. The lowest BCUT2D eigenvalue weighted by atomic mass is 9.80. The molecule has 0 aliphatic carbocycles. The van der Waals surface area contributed by atoms with Gasteiger partial charge in [0.25, 0.3) is 5.91 Å². The zero-order chi connectivity index (χ0) is 18.0. The minimum atomic E-state index is -0.816. The van der Waals surface area contributed by atoms with E-state index >= 15 is 0 Å². The highest BCUT2D eigenvalue weighted by Crippen LogP contribution is 2.31. The van der Waals surface area contributed by atoms with Gasteiger partial charge in [0.1, 0.15) is 11.3 Å². The summed E-state index contributed by atoms with van der Waals surface area (Å²) in [5.41, 5.74) is 0.339. The second-order valence-corrected chi connectivity index (χ2v) is 7.46. The third-order valence-electron chi connectivity index (χ3n) is 5.12. The van der Waals surface area contributed by atoms with Crippen LogP contribution in [0.3, 0.4) is 0 Å². The number of nitrogens with one attached hydrogen (secondary N) is 2. The van der Waals surface area contributed by atoms with Crippen LogP contribution >= 0.6 is 0 Å². The monoisotopic (exact) mass is 345 g/mol. The first-order valence-electron chi connectivity index (χ1n) is 8.99. The van der Waals surface area contributed by atoms with Gasteiger partial charge >= 0.3 is 6.03 Å². The molecule has 2 fully saturated rings. The molecule has 136 valence electrons. The molecule has 0 bridgehead atoms. The minimum absolute atomic E-state index is 0.103. The molecular weight excluding hydrogens is 318 g/mol. The molecule has 3 rings (SSSR count). The molecule has 0 radical (unpaired) electrons. The topological polar surface area (TPSA) is 70.7 Å². The van der Waals surface area contributed by atoms with Crippen LogP contribution in [0.25, 0.3) is 0 Å². The summed E-state index contributed by atoms with van der Waals surface area (Å²) in [4.78, 5) is 26.1. The molecule has 0 spiro atoms. The highest BCUT2D eigenvalue weighted by atomic mass is 16.5. The fourth-order valence-corrected chi connectivity index (χ4v) is 3.76. The van der Waals surface area contributed by atoms with Gasteiger partial charge in [0.2, 0.25) is 0 Å². The molecule has 0 aromatic heterocycles. The summed E-state index contributed by atoms with van der Waals surface area (Å²) in [6.07, 6.45) is 2.08. The summed E-state index contributed by atoms with van der Waals surface area (Å²) in [5, 5.41) is 5.19. The van der Waals surface area contributed by atoms with Crippen molar-refractivity contribution in [3.8, 4) is 5.75 Å². The molecule has 2 N–H and O–H groups in total. The first-order valence-corrected chi connectivity index (χ1v) is 8.99. The molecular formula is C19H27N3O3. The Morgan fingerprint density at radius 1 is 1.32 bits per heavy atom. The summed E-state index contributed by atoms with van der Waals surface area (Å²) in [6.45, 7) is 8.42. The maximum absolute atomic E-state index is 12.2. The Labute approximate surface area is 148 Å². The Morgan fingerprint density at radius 3 is 2.76 bits per heavy atom. The van der Waals surface area contributed by atoms with Crippen LogP contribution in [0.15, 0.2) is 24.3 Å². The average Bonchev–Trinajstić information content (AvgIpc) is 2.82. The maximum atomic E-state index is 12.2. The number of benzene rings is 1. The predicted molar refractivity (Wildman–Crippen MR) is 95.3 cm³/mol. The van der Waals surface area contributed by atoms with E-state index in [4.69, 9.17) is 4.74 Å². The zero-order valence-corrected chi connectivity index (χ0v) is 15.2. The number of rotatable bonds is 5. The van der Waals surface area contributed by atoms with E-state index in [1.807, 2.05) is 39.0 Å². The summed E-state index contributed by atoms with van der Waals surface area (Å²) < 4.78 is 5.92. The van der Waals surface area contributed by atoms with Crippen molar-refractivity contribution in [1.29, 1.82) is 0 Å². The van der Waals surface area contributed by atoms with Gasteiger partial charge in [0.15, 0.2) is 0 Å². The molecule has 0 unspecified atom stereocenters. The molecule has 2 atom stereocenters. The molecule has 25 heavy (non-hydrogen) atoms. The van der Waals surface area contributed by atoms with Crippen molar-refractivity contribution in [3.05, 3.63) is 29.8 Å². The lowest BCUT2D eigenvalue weighted by molar-refractivity contribution is -0.126. The fraction of sp³-hybridized carbons (Fsp3) is 0.579. The highest BCUT2D eigenvalue weighted by Gasteiger charge is 2.48. The Morgan fingerprint density at radius 2 is 2.08 bits per heavy atom. The molecule has 2 aliphatic heterocycles. The first kappa shape index (κ1) is 17.7.